The van der Waals surface area contributed by atoms with Crippen LogP contribution in [0.3, 0.4) is 0 Å². The van der Waals surface area contributed by atoms with E-state index in [1.807, 2.05) is 0 Å². The first-order valence-corrected chi connectivity index (χ1v) is 5.83. The number of aliphatic hydroxyl groups is 1. The monoisotopic (exact) mass is 271 g/mol. The van der Waals surface area contributed by atoms with E-state index in [1.165, 1.54) is 26.4 Å². The summed E-state index contributed by atoms with van der Waals surface area (Å²) in [5.74, 6) is -1.32. The Bertz CT molecular complexity index is 425. The SMILES string of the molecule is COCC(O)CNCc1ccc(C(=O)OC)c(F)c1. The minimum atomic E-state index is -0.701. The number of carbonyl (C=O) groups excluding carboxylic acids is 1. The second kappa shape index (κ2) is 7.83. The van der Waals surface area contributed by atoms with Crippen molar-refractivity contribution in [2.75, 3.05) is 27.4 Å². The number of halogens is 1. The Balaban J connectivity index is 2.52. The van der Waals surface area contributed by atoms with Crippen LogP contribution < -0.4 is 5.32 Å². The molecule has 2 N–H and O–H groups in total. The van der Waals surface area contributed by atoms with Gasteiger partial charge < -0.3 is 19.9 Å². The Labute approximate surface area is 111 Å². The van der Waals surface area contributed by atoms with Gasteiger partial charge in [-0.3, -0.25) is 0 Å². The van der Waals surface area contributed by atoms with Gasteiger partial charge in [-0.2, -0.15) is 0 Å². The van der Waals surface area contributed by atoms with Gasteiger partial charge in [0.25, 0.3) is 0 Å². The molecule has 106 valence electrons. The molecule has 1 rings (SSSR count). The molecule has 0 saturated carbocycles. The summed E-state index contributed by atoms with van der Waals surface area (Å²) in [5.41, 5.74) is 0.584. The third-order valence-electron chi connectivity index (χ3n) is 2.51. The predicted octanol–water partition coefficient (Wildman–Crippen LogP) is 0.709. The van der Waals surface area contributed by atoms with Gasteiger partial charge in [-0.05, 0) is 17.7 Å². The molecule has 1 unspecified atom stereocenters. The van der Waals surface area contributed by atoms with E-state index in [0.717, 1.165) is 0 Å². The molecule has 5 nitrogen and oxygen atoms in total. The fourth-order valence-electron chi connectivity index (χ4n) is 1.58. The molecule has 0 aliphatic carbocycles. The summed E-state index contributed by atoms with van der Waals surface area (Å²) >= 11 is 0. The maximum atomic E-state index is 13.6. The van der Waals surface area contributed by atoms with E-state index in [1.54, 1.807) is 6.07 Å². The number of rotatable bonds is 7. The third kappa shape index (κ3) is 4.94. The van der Waals surface area contributed by atoms with Crippen LogP contribution in [0.5, 0.6) is 0 Å². The highest BCUT2D eigenvalue weighted by molar-refractivity contribution is 5.89. The lowest BCUT2D eigenvalue weighted by Crippen LogP contribution is -2.29. The topological polar surface area (TPSA) is 67.8 Å². The summed E-state index contributed by atoms with van der Waals surface area (Å²) in [6, 6.07) is 4.27. The van der Waals surface area contributed by atoms with Crippen molar-refractivity contribution in [3.63, 3.8) is 0 Å². The van der Waals surface area contributed by atoms with Crippen molar-refractivity contribution in [1.82, 2.24) is 5.32 Å². The van der Waals surface area contributed by atoms with E-state index >= 15 is 0 Å². The fourth-order valence-corrected chi connectivity index (χ4v) is 1.58. The molecule has 0 amide bonds. The van der Waals surface area contributed by atoms with Gasteiger partial charge in [0.1, 0.15) is 5.82 Å². The van der Waals surface area contributed by atoms with Crippen LogP contribution in [0.15, 0.2) is 18.2 Å². The van der Waals surface area contributed by atoms with E-state index in [9.17, 15) is 14.3 Å². The zero-order chi connectivity index (χ0) is 14.3. The van der Waals surface area contributed by atoms with Crippen molar-refractivity contribution in [1.29, 1.82) is 0 Å². The largest absolute Gasteiger partial charge is 0.465 e. The summed E-state index contributed by atoms with van der Waals surface area (Å²) in [7, 11) is 2.71. The van der Waals surface area contributed by atoms with Gasteiger partial charge in [-0.1, -0.05) is 6.07 Å². The van der Waals surface area contributed by atoms with Crippen molar-refractivity contribution in [2.24, 2.45) is 0 Å². The average molecular weight is 271 g/mol. The predicted molar refractivity (Wildman–Crippen MR) is 67.3 cm³/mol. The Morgan fingerprint density at radius 2 is 2.21 bits per heavy atom. The van der Waals surface area contributed by atoms with Crippen molar-refractivity contribution < 1.29 is 23.8 Å². The van der Waals surface area contributed by atoms with Crippen LogP contribution >= 0.6 is 0 Å². The number of benzene rings is 1. The number of methoxy groups -OCH3 is 2. The fraction of sp³-hybridized carbons (Fsp3) is 0.462. The van der Waals surface area contributed by atoms with Crippen molar-refractivity contribution >= 4 is 5.97 Å². The third-order valence-corrected chi connectivity index (χ3v) is 2.51. The number of hydrogen-bond acceptors (Lipinski definition) is 5. The van der Waals surface area contributed by atoms with Crippen LogP contribution in [0, 0.1) is 5.82 Å². The van der Waals surface area contributed by atoms with Gasteiger partial charge in [-0.25, -0.2) is 9.18 Å². The highest BCUT2D eigenvalue weighted by Gasteiger charge is 2.12. The molecule has 0 bridgehead atoms. The summed E-state index contributed by atoms with van der Waals surface area (Å²) in [6.07, 6.45) is -0.607. The van der Waals surface area contributed by atoms with Gasteiger partial charge in [0.05, 0.1) is 25.4 Å². The Morgan fingerprint density at radius 3 is 2.79 bits per heavy atom. The quantitative estimate of drug-likeness (QED) is 0.715. The van der Waals surface area contributed by atoms with Gasteiger partial charge >= 0.3 is 5.97 Å². The van der Waals surface area contributed by atoms with Crippen LogP contribution in [0.2, 0.25) is 0 Å². The molecule has 0 aliphatic heterocycles. The second-order valence-electron chi connectivity index (χ2n) is 4.05. The molecule has 0 aromatic heterocycles. The smallest absolute Gasteiger partial charge is 0.340 e. The summed E-state index contributed by atoms with van der Waals surface area (Å²) in [6.45, 7) is 0.968. The van der Waals surface area contributed by atoms with E-state index in [2.05, 4.69) is 10.1 Å². The standard InChI is InChI=1S/C13H18FNO4/c1-18-8-10(16)7-15-6-9-3-4-11(12(14)5-9)13(17)19-2/h3-5,10,15-16H,6-8H2,1-2H3. The van der Waals surface area contributed by atoms with Crippen molar-refractivity contribution in [2.45, 2.75) is 12.6 Å². The van der Waals surface area contributed by atoms with E-state index in [0.29, 0.717) is 18.7 Å². The number of aliphatic hydroxyl groups excluding tert-OH is 1. The van der Waals surface area contributed by atoms with E-state index in [4.69, 9.17) is 4.74 Å². The summed E-state index contributed by atoms with van der Waals surface area (Å²) in [5, 5.41) is 12.4. The molecule has 0 saturated heterocycles. The lowest BCUT2D eigenvalue weighted by Gasteiger charge is -2.11. The minimum absolute atomic E-state index is 0.0920. The Hall–Kier alpha value is -1.50. The molecule has 0 spiro atoms. The maximum absolute atomic E-state index is 13.6. The number of nitrogens with one attached hydrogen (secondary N) is 1. The van der Waals surface area contributed by atoms with Crippen LogP contribution in [0.25, 0.3) is 0 Å². The highest BCUT2D eigenvalue weighted by atomic mass is 19.1. The molecule has 0 fully saturated rings. The number of ether oxygens (including phenoxy) is 2. The number of esters is 1. The molecule has 0 heterocycles. The molecule has 1 aromatic rings. The Kier molecular flexibility index (Phi) is 6.41. The average Bonchev–Trinajstić information content (AvgIpc) is 2.38. The lowest BCUT2D eigenvalue weighted by atomic mass is 10.1. The van der Waals surface area contributed by atoms with Gasteiger partial charge in [0.15, 0.2) is 0 Å². The van der Waals surface area contributed by atoms with Crippen LogP contribution in [-0.2, 0) is 16.0 Å². The molecule has 1 aromatic carbocycles. The Morgan fingerprint density at radius 1 is 1.47 bits per heavy atom. The molecular formula is C13H18FNO4. The van der Waals surface area contributed by atoms with Gasteiger partial charge in [0, 0.05) is 20.2 Å². The second-order valence-corrected chi connectivity index (χ2v) is 4.05. The molecule has 1 atom stereocenters. The number of hydrogen-bond donors (Lipinski definition) is 2. The maximum Gasteiger partial charge on any atom is 0.340 e. The molecule has 0 aliphatic rings. The first kappa shape index (κ1) is 15.6. The van der Waals surface area contributed by atoms with E-state index < -0.39 is 17.9 Å². The van der Waals surface area contributed by atoms with Crippen molar-refractivity contribution in [3.05, 3.63) is 35.1 Å². The molecule has 0 radical (unpaired) electrons. The van der Waals surface area contributed by atoms with Gasteiger partial charge in [0.2, 0.25) is 0 Å². The summed E-state index contributed by atoms with van der Waals surface area (Å²) in [4.78, 5) is 11.2. The van der Waals surface area contributed by atoms with E-state index in [-0.39, 0.29) is 12.2 Å². The van der Waals surface area contributed by atoms with Crippen molar-refractivity contribution in [3.8, 4) is 0 Å². The highest BCUT2D eigenvalue weighted by Crippen LogP contribution is 2.11. The first-order valence-electron chi connectivity index (χ1n) is 5.83. The summed E-state index contributed by atoms with van der Waals surface area (Å²) < 4.78 is 22.8. The minimum Gasteiger partial charge on any atom is -0.465 e. The zero-order valence-corrected chi connectivity index (χ0v) is 11.0. The van der Waals surface area contributed by atoms with Gasteiger partial charge in [-0.15, -0.1) is 0 Å². The van der Waals surface area contributed by atoms with Crippen LogP contribution in [0.1, 0.15) is 15.9 Å². The molecule has 6 heteroatoms. The lowest BCUT2D eigenvalue weighted by molar-refractivity contribution is 0.0595. The molecule has 19 heavy (non-hydrogen) atoms. The van der Waals surface area contributed by atoms with Crippen LogP contribution in [-0.4, -0.2) is 44.6 Å². The number of carbonyl (C=O) groups is 1. The van der Waals surface area contributed by atoms with Crippen LogP contribution in [0.4, 0.5) is 4.39 Å². The zero-order valence-electron chi connectivity index (χ0n) is 11.0. The molecular weight excluding hydrogens is 253 g/mol. The normalized spacial score (nSPS) is 12.2. The first-order chi connectivity index (χ1) is 9.08.